The number of anilines is 1. The van der Waals surface area contributed by atoms with Crippen LogP contribution in [-0.4, -0.2) is 35.2 Å². The van der Waals surface area contributed by atoms with Crippen LogP contribution in [-0.2, 0) is 0 Å². The number of benzene rings is 2. The largest absolute Gasteiger partial charge is 0.478 e. The SMILES string of the molecule is Cc1cc([C@@H](C)Nc2ccccc2C(=O)O)c2cc(C3CC(C(F)F)NCN3)c(C#N)nc2c1. The minimum absolute atomic E-state index is 0.126. The monoisotopic (exact) mass is 465 g/mol. The van der Waals surface area contributed by atoms with E-state index in [1.165, 1.54) is 6.07 Å². The standard InChI is InChI=1S/C25H25F2N5O2/c1-13-7-16(14(2)31-19-6-4-3-5-15(19)25(33)34)17-9-18(23(11-28)32-21(17)8-13)20-10-22(24(26)27)30-12-29-20/h3-9,14,20,22,24,29-31H,10,12H2,1-2H3,(H,33,34)/t14-,20?,22?/m1/s1. The predicted octanol–water partition coefficient (Wildman–Crippen LogP) is 4.50. The van der Waals surface area contributed by atoms with Crippen molar-refractivity contribution in [2.45, 2.75) is 44.8 Å². The van der Waals surface area contributed by atoms with Gasteiger partial charge in [-0.15, -0.1) is 0 Å². The molecule has 3 atom stereocenters. The summed E-state index contributed by atoms with van der Waals surface area (Å²) in [5.41, 5.74) is 3.85. The Morgan fingerprint density at radius 1 is 1.26 bits per heavy atom. The fourth-order valence-corrected chi connectivity index (χ4v) is 4.45. The number of carbonyl (C=O) groups is 1. The van der Waals surface area contributed by atoms with Crippen LogP contribution in [0.2, 0.25) is 0 Å². The zero-order chi connectivity index (χ0) is 24.4. The van der Waals surface area contributed by atoms with Crippen molar-refractivity contribution in [2.75, 3.05) is 12.0 Å². The van der Waals surface area contributed by atoms with Crippen LogP contribution >= 0.6 is 0 Å². The molecule has 0 bridgehead atoms. The number of aromatic nitrogens is 1. The summed E-state index contributed by atoms with van der Waals surface area (Å²) in [6.07, 6.45) is -2.39. The van der Waals surface area contributed by atoms with Crippen LogP contribution in [0.15, 0.2) is 42.5 Å². The van der Waals surface area contributed by atoms with E-state index in [4.69, 9.17) is 0 Å². The second kappa shape index (κ2) is 9.71. The topological polar surface area (TPSA) is 110 Å². The molecule has 34 heavy (non-hydrogen) atoms. The molecule has 0 aliphatic carbocycles. The van der Waals surface area contributed by atoms with Crippen molar-refractivity contribution < 1.29 is 18.7 Å². The Morgan fingerprint density at radius 2 is 2.03 bits per heavy atom. The number of fused-ring (bicyclic) bond motifs is 1. The van der Waals surface area contributed by atoms with Gasteiger partial charge in [-0.3, -0.25) is 10.6 Å². The van der Waals surface area contributed by atoms with Crippen molar-refractivity contribution in [2.24, 2.45) is 0 Å². The summed E-state index contributed by atoms with van der Waals surface area (Å²) in [4.78, 5) is 16.2. The maximum absolute atomic E-state index is 13.3. The van der Waals surface area contributed by atoms with Crippen LogP contribution in [0, 0.1) is 18.3 Å². The van der Waals surface area contributed by atoms with Gasteiger partial charge >= 0.3 is 5.97 Å². The molecule has 9 heteroatoms. The smallest absolute Gasteiger partial charge is 0.337 e. The molecule has 2 unspecified atom stereocenters. The number of carboxylic acids is 1. The van der Waals surface area contributed by atoms with Gasteiger partial charge < -0.3 is 10.4 Å². The van der Waals surface area contributed by atoms with Gasteiger partial charge in [0.2, 0.25) is 0 Å². The van der Waals surface area contributed by atoms with E-state index in [0.717, 1.165) is 16.5 Å². The number of alkyl halides is 2. The molecule has 1 aliphatic rings. The highest BCUT2D eigenvalue weighted by Gasteiger charge is 2.30. The number of para-hydroxylation sites is 1. The Balaban J connectivity index is 1.78. The van der Waals surface area contributed by atoms with Crippen molar-refractivity contribution in [3.05, 3.63) is 70.4 Å². The number of hydrogen-bond acceptors (Lipinski definition) is 6. The number of nitrogens with one attached hydrogen (secondary N) is 3. The Kier molecular flexibility index (Phi) is 6.72. The summed E-state index contributed by atoms with van der Waals surface area (Å²) in [5.74, 6) is -1.03. The van der Waals surface area contributed by atoms with Crippen LogP contribution in [0.3, 0.4) is 0 Å². The molecule has 4 rings (SSSR count). The van der Waals surface area contributed by atoms with Gasteiger partial charge in [-0.2, -0.15) is 5.26 Å². The number of aromatic carboxylic acids is 1. The minimum atomic E-state index is -2.51. The molecule has 176 valence electrons. The Bertz CT molecular complexity index is 1270. The molecule has 3 aromatic rings. The lowest BCUT2D eigenvalue weighted by atomic mass is 9.92. The first-order chi connectivity index (χ1) is 16.3. The van der Waals surface area contributed by atoms with Crippen molar-refractivity contribution in [1.29, 1.82) is 5.26 Å². The lowest BCUT2D eigenvalue weighted by Gasteiger charge is -2.31. The van der Waals surface area contributed by atoms with Crippen LogP contribution in [0.4, 0.5) is 14.5 Å². The maximum Gasteiger partial charge on any atom is 0.337 e. The second-order valence-corrected chi connectivity index (χ2v) is 8.49. The summed E-state index contributed by atoms with van der Waals surface area (Å²) < 4.78 is 26.7. The number of halogens is 2. The van der Waals surface area contributed by atoms with E-state index in [1.54, 1.807) is 18.2 Å². The molecule has 0 saturated carbocycles. The second-order valence-electron chi connectivity index (χ2n) is 8.49. The van der Waals surface area contributed by atoms with Crippen molar-refractivity contribution in [1.82, 2.24) is 15.6 Å². The van der Waals surface area contributed by atoms with Gasteiger partial charge in [0.15, 0.2) is 0 Å². The lowest BCUT2D eigenvalue weighted by Crippen LogP contribution is -2.49. The zero-order valence-corrected chi connectivity index (χ0v) is 18.8. The van der Waals surface area contributed by atoms with Gasteiger partial charge in [-0.1, -0.05) is 18.2 Å². The van der Waals surface area contributed by atoms with E-state index in [0.29, 0.717) is 16.8 Å². The van der Waals surface area contributed by atoms with E-state index in [-0.39, 0.29) is 30.4 Å². The first-order valence-corrected chi connectivity index (χ1v) is 11.0. The molecule has 1 aliphatic heterocycles. The number of rotatable bonds is 6. The molecular formula is C25H25F2N5O2. The van der Waals surface area contributed by atoms with Gasteiger partial charge in [0.05, 0.1) is 17.1 Å². The molecule has 2 aromatic carbocycles. The summed E-state index contributed by atoms with van der Waals surface area (Å²) in [7, 11) is 0. The summed E-state index contributed by atoms with van der Waals surface area (Å²) >= 11 is 0. The Hall–Kier alpha value is -3.61. The van der Waals surface area contributed by atoms with Crippen molar-refractivity contribution in [3.63, 3.8) is 0 Å². The number of carboxylic acid groups (broad SMARTS) is 1. The van der Waals surface area contributed by atoms with E-state index in [1.807, 2.05) is 32.0 Å². The molecule has 0 radical (unpaired) electrons. The van der Waals surface area contributed by atoms with Gasteiger partial charge in [-0.05, 0) is 55.7 Å². The minimum Gasteiger partial charge on any atom is -0.478 e. The van der Waals surface area contributed by atoms with Crippen LogP contribution in [0.1, 0.15) is 58.2 Å². The average molecular weight is 466 g/mol. The molecule has 4 N–H and O–H groups in total. The molecule has 7 nitrogen and oxygen atoms in total. The lowest BCUT2D eigenvalue weighted by molar-refractivity contribution is 0.0697. The summed E-state index contributed by atoms with van der Waals surface area (Å²) in [6, 6.07) is 12.8. The number of nitriles is 1. The number of pyridine rings is 1. The van der Waals surface area contributed by atoms with Gasteiger partial charge in [0.25, 0.3) is 6.43 Å². The third kappa shape index (κ3) is 4.69. The number of aryl methyl sites for hydroxylation is 1. The van der Waals surface area contributed by atoms with E-state index in [9.17, 15) is 23.9 Å². The highest BCUT2D eigenvalue weighted by atomic mass is 19.3. The van der Waals surface area contributed by atoms with E-state index >= 15 is 0 Å². The Morgan fingerprint density at radius 3 is 2.74 bits per heavy atom. The van der Waals surface area contributed by atoms with E-state index in [2.05, 4.69) is 27.0 Å². The van der Waals surface area contributed by atoms with Gasteiger partial charge in [0.1, 0.15) is 11.8 Å². The fourth-order valence-electron chi connectivity index (χ4n) is 4.45. The van der Waals surface area contributed by atoms with E-state index < -0.39 is 24.5 Å². The van der Waals surface area contributed by atoms with Crippen LogP contribution < -0.4 is 16.0 Å². The first-order valence-electron chi connectivity index (χ1n) is 11.0. The summed E-state index contributed by atoms with van der Waals surface area (Å²) in [5, 5.41) is 29.2. The molecule has 0 spiro atoms. The molecule has 1 fully saturated rings. The normalized spacial score (nSPS) is 19.1. The average Bonchev–Trinajstić information content (AvgIpc) is 2.82. The quantitative estimate of drug-likeness (QED) is 0.424. The zero-order valence-electron chi connectivity index (χ0n) is 18.8. The summed E-state index contributed by atoms with van der Waals surface area (Å²) in [6.45, 7) is 4.04. The third-order valence-electron chi connectivity index (χ3n) is 6.12. The molecular weight excluding hydrogens is 440 g/mol. The van der Waals surface area contributed by atoms with Crippen molar-refractivity contribution in [3.8, 4) is 6.07 Å². The highest BCUT2D eigenvalue weighted by molar-refractivity contribution is 5.94. The molecule has 1 aromatic heterocycles. The first kappa shape index (κ1) is 23.5. The van der Waals surface area contributed by atoms with Crippen LogP contribution in [0.25, 0.3) is 10.9 Å². The van der Waals surface area contributed by atoms with Gasteiger partial charge in [-0.25, -0.2) is 18.6 Å². The highest BCUT2D eigenvalue weighted by Crippen LogP contribution is 2.33. The number of hydrogen-bond donors (Lipinski definition) is 4. The fraction of sp³-hybridized carbons (Fsp3) is 0.320. The third-order valence-corrected chi connectivity index (χ3v) is 6.12. The Labute approximate surface area is 195 Å². The van der Waals surface area contributed by atoms with Gasteiger partial charge in [0, 0.05) is 35.4 Å². The molecule has 0 amide bonds. The van der Waals surface area contributed by atoms with Crippen LogP contribution in [0.5, 0.6) is 0 Å². The van der Waals surface area contributed by atoms with Crippen molar-refractivity contribution >= 4 is 22.6 Å². The number of nitrogens with zero attached hydrogens (tertiary/aromatic N) is 2. The maximum atomic E-state index is 13.3. The molecule has 1 saturated heterocycles. The predicted molar refractivity (Wildman–Crippen MR) is 125 cm³/mol. The molecule has 2 heterocycles.